The molecule has 1 aromatic rings. The number of hydrogen-bond donors (Lipinski definition) is 2. The van der Waals surface area contributed by atoms with Crippen LogP contribution < -0.4 is 5.73 Å². The van der Waals surface area contributed by atoms with Crippen molar-refractivity contribution < 1.29 is 4.74 Å². The van der Waals surface area contributed by atoms with Crippen molar-refractivity contribution in [1.82, 2.24) is 4.98 Å². The molecule has 0 aliphatic carbocycles. The van der Waals surface area contributed by atoms with E-state index in [0.717, 1.165) is 34.9 Å². The Bertz CT molecular complexity index is 476. The molecule has 2 atom stereocenters. The number of aryl methyl sites for hydroxylation is 2. The van der Waals surface area contributed by atoms with E-state index in [1.807, 2.05) is 19.9 Å². The maximum Gasteiger partial charge on any atom is 0.125 e. The number of nitrogens with one attached hydrogen (secondary N) is 1. The number of thioether (sulfide) groups is 1. The molecule has 0 saturated carbocycles. The monoisotopic (exact) mass is 265 g/mol. The smallest absolute Gasteiger partial charge is 0.125 e. The second-order valence-electron chi connectivity index (χ2n) is 4.70. The van der Waals surface area contributed by atoms with Gasteiger partial charge < -0.3 is 10.5 Å². The fourth-order valence-electron chi connectivity index (χ4n) is 2.23. The quantitative estimate of drug-likeness (QED) is 0.649. The largest absolute Gasteiger partial charge is 0.384 e. The number of rotatable bonds is 3. The Morgan fingerprint density at radius 1 is 1.56 bits per heavy atom. The summed E-state index contributed by atoms with van der Waals surface area (Å²) in [7, 11) is 0. The van der Waals surface area contributed by atoms with Crippen LogP contribution in [-0.4, -0.2) is 28.8 Å². The summed E-state index contributed by atoms with van der Waals surface area (Å²) in [5.41, 5.74) is 8.42. The second-order valence-corrected chi connectivity index (χ2v) is 5.92. The van der Waals surface area contributed by atoms with Gasteiger partial charge in [-0.25, -0.2) is 4.98 Å². The minimum Gasteiger partial charge on any atom is -0.384 e. The minimum atomic E-state index is 0.0917. The first-order valence-corrected chi connectivity index (χ1v) is 6.98. The van der Waals surface area contributed by atoms with Crippen molar-refractivity contribution in [3.8, 4) is 0 Å². The van der Waals surface area contributed by atoms with Gasteiger partial charge in [-0.15, -0.1) is 0 Å². The van der Waals surface area contributed by atoms with Crippen LogP contribution in [0.15, 0.2) is 11.1 Å². The summed E-state index contributed by atoms with van der Waals surface area (Å²) in [6, 6.07) is 1.97. The van der Waals surface area contributed by atoms with E-state index >= 15 is 0 Å². The first-order valence-electron chi connectivity index (χ1n) is 6.10. The van der Waals surface area contributed by atoms with Crippen LogP contribution in [0, 0.1) is 19.3 Å². The average Bonchev–Trinajstić information content (AvgIpc) is 2.62. The van der Waals surface area contributed by atoms with Crippen LogP contribution in [0.5, 0.6) is 0 Å². The number of aromatic nitrogens is 1. The van der Waals surface area contributed by atoms with E-state index in [-0.39, 0.29) is 11.9 Å². The van der Waals surface area contributed by atoms with Crippen LogP contribution in [0.2, 0.25) is 0 Å². The molecule has 0 amide bonds. The highest BCUT2D eigenvalue weighted by Crippen LogP contribution is 2.34. The maximum absolute atomic E-state index is 7.71. The van der Waals surface area contributed by atoms with Gasteiger partial charge in [-0.1, -0.05) is 11.8 Å². The van der Waals surface area contributed by atoms with E-state index in [1.54, 1.807) is 11.8 Å². The van der Waals surface area contributed by atoms with Gasteiger partial charge in [0, 0.05) is 17.6 Å². The maximum atomic E-state index is 7.71. The van der Waals surface area contributed by atoms with Gasteiger partial charge >= 0.3 is 0 Å². The molecule has 0 bridgehead atoms. The zero-order valence-electron chi connectivity index (χ0n) is 11.0. The molecule has 1 aliphatic heterocycles. The van der Waals surface area contributed by atoms with Crippen molar-refractivity contribution in [1.29, 1.82) is 5.41 Å². The molecule has 1 fully saturated rings. The normalized spacial score (nSPS) is 23.3. The molecular formula is C13H19N3OS. The van der Waals surface area contributed by atoms with E-state index in [0.29, 0.717) is 5.25 Å². The molecule has 0 radical (unpaired) electrons. The summed E-state index contributed by atoms with van der Waals surface area (Å²) in [5, 5.41) is 8.97. The molecule has 1 saturated heterocycles. The summed E-state index contributed by atoms with van der Waals surface area (Å²) >= 11 is 1.69. The van der Waals surface area contributed by atoms with E-state index in [9.17, 15) is 0 Å². The minimum absolute atomic E-state index is 0.0917. The van der Waals surface area contributed by atoms with Gasteiger partial charge in [0.05, 0.1) is 11.7 Å². The molecular weight excluding hydrogens is 246 g/mol. The number of ether oxygens (including phenoxy) is 1. The van der Waals surface area contributed by atoms with Gasteiger partial charge in [0.25, 0.3) is 0 Å². The molecule has 2 rings (SSSR count). The first kappa shape index (κ1) is 13.4. The fraction of sp³-hybridized carbons (Fsp3) is 0.538. The summed E-state index contributed by atoms with van der Waals surface area (Å²) in [5.74, 6) is 0.0917. The van der Waals surface area contributed by atoms with Crippen molar-refractivity contribution in [2.75, 3.05) is 6.61 Å². The summed E-state index contributed by atoms with van der Waals surface area (Å²) in [6.45, 7) is 6.83. The van der Waals surface area contributed by atoms with Gasteiger partial charge in [-0.05, 0) is 38.8 Å². The summed E-state index contributed by atoms with van der Waals surface area (Å²) < 4.78 is 5.56. The Labute approximate surface area is 112 Å². The summed E-state index contributed by atoms with van der Waals surface area (Å²) in [4.78, 5) is 4.54. The number of nitrogen functional groups attached to an aromatic ring is 1. The molecule has 0 spiro atoms. The van der Waals surface area contributed by atoms with Crippen LogP contribution in [0.4, 0.5) is 0 Å². The third-order valence-electron chi connectivity index (χ3n) is 3.15. The van der Waals surface area contributed by atoms with Crippen LogP contribution >= 0.6 is 11.8 Å². The van der Waals surface area contributed by atoms with E-state index < -0.39 is 0 Å². The van der Waals surface area contributed by atoms with Crippen molar-refractivity contribution in [3.63, 3.8) is 0 Å². The van der Waals surface area contributed by atoms with Crippen molar-refractivity contribution in [3.05, 3.63) is 22.9 Å². The highest BCUT2D eigenvalue weighted by atomic mass is 32.2. The molecule has 2 unspecified atom stereocenters. The number of amidine groups is 1. The third kappa shape index (κ3) is 2.67. The second kappa shape index (κ2) is 5.28. The molecule has 98 valence electrons. The Balaban J connectivity index is 2.33. The highest BCUT2D eigenvalue weighted by molar-refractivity contribution is 8.00. The van der Waals surface area contributed by atoms with Gasteiger partial charge in [0.1, 0.15) is 10.9 Å². The van der Waals surface area contributed by atoms with Crippen molar-refractivity contribution in [2.24, 2.45) is 5.73 Å². The average molecular weight is 265 g/mol. The molecule has 1 aromatic heterocycles. The SMILES string of the molecule is Cc1cc(C)c(C(=N)N)c(SC2CCOC2C)n1. The lowest BCUT2D eigenvalue weighted by Gasteiger charge is -2.16. The highest BCUT2D eigenvalue weighted by Gasteiger charge is 2.27. The van der Waals surface area contributed by atoms with Crippen LogP contribution in [0.3, 0.4) is 0 Å². The predicted molar refractivity (Wildman–Crippen MR) is 74.4 cm³/mol. The standard InChI is InChI=1S/C13H19N3OS/c1-7-6-8(2)16-13(11(7)12(14)15)18-10-4-5-17-9(10)3/h6,9-10H,4-5H2,1-3H3,(H3,14,15). The van der Waals surface area contributed by atoms with Gasteiger partial charge in [0.2, 0.25) is 0 Å². The zero-order chi connectivity index (χ0) is 13.3. The molecule has 2 heterocycles. The molecule has 5 heteroatoms. The molecule has 1 aliphatic rings. The van der Waals surface area contributed by atoms with E-state index in [2.05, 4.69) is 11.9 Å². The third-order valence-corrected chi connectivity index (χ3v) is 4.59. The lowest BCUT2D eigenvalue weighted by Crippen LogP contribution is -2.18. The van der Waals surface area contributed by atoms with Gasteiger partial charge in [-0.3, -0.25) is 5.41 Å². The summed E-state index contributed by atoms with van der Waals surface area (Å²) in [6.07, 6.45) is 1.26. The Morgan fingerprint density at radius 3 is 2.83 bits per heavy atom. The van der Waals surface area contributed by atoms with Crippen molar-refractivity contribution in [2.45, 2.75) is 43.6 Å². The Morgan fingerprint density at radius 2 is 2.28 bits per heavy atom. The molecule has 18 heavy (non-hydrogen) atoms. The van der Waals surface area contributed by atoms with Gasteiger partial charge in [0.15, 0.2) is 0 Å². The lowest BCUT2D eigenvalue weighted by atomic mass is 10.1. The van der Waals surface area contributed by atoms with E-state index in [1.165, 1.54) is 0 Å². The van der Waals surface area contributed by atoms with Crippen LogP contribution in [0.25, 0.3) is 0 Å². The number of pyridine rings is 1. The molecule has 3 N–H and O–H groups in total. The fourth-order valence-corrected chi connectivity index (χ4v) is 3.58. The first-order chi connectivity index (χ1) is 8.49. The number of nitrogens with zero attached hydrogens (tertiary/aromatic N) is 1. The molecule has 0 aromatic carbocycles. The number of hydrogen-bond acceptors (Lipinski definition) is 4. The van der Waals surface area contributed by atoms with Gasteiger partial charge in [-0.2, -0.15) is 0 Å². The Hall–Kier alpha value is -1.07. The molecule has 4 nitrogen and oxygen atoms in total. The lowest BCUT2D eigenvalue weighted by molar-refractivity contribution is 0.127. The van der Waals surface area contributed by atoms with Crippen LogP contribution in [-0.2, 0) is 4.74 Å². The van der Waals surface area contributed by atoms with Crippen molar-refractivity contribution >= 4 is 17.6 Å². The zero-order valence-corrected chi connectivity index (χ0v) is 11.8. The number of nitrogens with two attached hydrogens (primary N) is 1. The predicted octanol–water partition coefficient (Wildman–Crippen LogP) is 2.25. The topological polar surface area (TPSA) is 72.0 Å². The Kier molecular flexibility index (Phi) is 3.92. The van der Waals surface area contributed by atoms with E-state index in [4.69, 9.17) is 15.9 Å². The van der Waals surface area contributed by atoms with Crippen LogP contribution in [0.1, 0.15) is 30.2 Å².